The molecular weight excluding hydrogens is 204 g/mol. The largest absolute Gasteiger partial charge is 0.352 e. The number of aryl methyl sites for hydroxylation is 1. The lowest BCUT2D eigenvalue weighted by Crippen LogP contribution is -2.33. The molecule has 1 amide bonds. The average Bonchev–Trinajstić information content (AvgIpc) is 2.61. The third kappa shape index (κ3) is 4.42. The zero-order valence-electron chi connectivity index (χ0n) is 10.2. The zero-order valence-corrected chi connectivity index (χ0v) is 10.2. The number of carbonyl (C=O) groups excluding carboxylic acids is 1. The van der Waals surface area contributed by atoms with E-state index in [0.29, 0.717) is 0 Å². The molecule has 1 rings (SSSR count). The van der Waals surface area contributed by atoms with Crippen LogP contribution in [0.5, 0.6) is 0 Å². The Bertz CT molecular complexity index is 332. The van der Waals surface area contributed by atoms with Gasteiger partial charge in [0.15, 0.2) is 0 Å². The van der Waals surface area contributed by atoms with E-state index in [-0.39, 0.29) is 18.5 Å². The van der Waals surface area contributed by atoms with Gasteiger partial charge in [0, 0.05) is 12.2 Å². The van der Waals surface area contributed by atoms with Crippen molar-refractivity contribution in [3.05, 3.63) is 11.9 Å². The fourth-order valence-corrected chi connectivity index (χ4v) is 1.40. The van der Waals surface area contributed by atoms with Crippen molar-refractivity contribution in [3.63, 3.8) is 0 Å². The monoisotopic (exact) mass is 224 g/mol. The second-order valence-corrected chi connectivity index (χ2v) is 4.23. The normalized spacial score (nSPS) is 10.8. The van der Waals surface area contributed by atoms with Gasteiger partial charge in [-0.1, -0.05) is 18.6 Å². The summed E-state index contributed by atoms with van der Waals surface area (Å²) in [6, 6.07) is 0.163. The van der Waals surface area contributed by atoms with E-state index in [2.05, 4.69) is 22.6 Å². The summed E-state index contributed by atoms with van der Waals surface area (Å²) >= 11 is 0. The number of carbonyl (C=O) groups is 1. The standard InChI is InChI=1S/C11H20N4O/c1-4-5-6-10-7-15(14-13-10)8-11(16)12-9(2)3/h7,9H,4-6,8H2,1-3H3,(H,12,16). The summed E-state index contributed by atoms with van der Waals surface area (Å²) in [5.74, 6) is -0.0260. The molecule has 16 heavy (non-hydrogen) atoms. The van der Waals surface area contributed by atoms with Crippen molar-refractivity contribution in [1.29, 1.82) is 0 Å². The van der Waals surface area contributed by atoms with Crippen molar-refractivity contribution in [2.24, 2.45) is 0 Å². The van der Waals surface area contributed by atoms with Crippen molar-refractivity contribution in [2.75, 3.05) is 0 Å². The van der Waals surface area contributed by atoms with Crippen LogP contribution in [0.1, 0.15) is 39.3 Å². The van der Waals surface area contributed by atoms with Gasteiger partial charge in [-0.05, 0) is 26.7 Å². The van der Waals surface area contributed by atoms with E-state index >= 15 is 0 Å². The smallest absolute Gasteiger partial charge is 0.241 e. The molecule has 0 aromatic carbocycles. The lowest BCUT2D eigenvalue weighted by molar-refractivity contribution is -0.122. The molecule has 0 aliphatic rings. The Balaban J connectivity index is 2.42. The average molecular weight is 224 g/mol. The van der Waals surface area contributed by atoms with Gasteiger partial charge in [-0.15, -0.1) is 5.10 Å². The molecule has 5 heteroatoms. The Labute approximate surface area is 96.2 Å². The van der Waals surface area contributed by atoms with E-state index in [4.69, 9.17) is 0 Å². The van der Waals surface area contributed by atoms with Crippen LogP contribution in [0.2, 0.25) is 0 Å². The molecule has 0 aliphatic heterocycles. The van der Waals surface area contributed by atoms with Gasteiger partial charge in [-0.25, -0.2) is 4.68 Å². The Morgan fingerprint density at radius 3 is 2.94 bits per heavy atom. The minimum absolute atomic E-state index is 0.0260. The number of nitrogens with one attached hydrogen (secondary N) is 1. The Hall–Kier alpha value is -1.39. The fourth-order valence-electron chi connectivity index (χ4n) is 1.40. The first-order valence-corrected chi connectivity index (χ1v) is 5.80. The molecule has 0 saturated heterocycles. The van der Waals surface area contributed by atoms with Crippen molar-refractivity contribution in [3.8, 4) is 0 Å². The van der Waals surface area contributed by atoms with Crippen LogP contribution in [0.25, 0.3) is 0 Å². The first-order valence-electron chi connectivity index (χ1n) is 5.80. The summed E-state index contributed by atoms with van der Waals surface area (Å²) in [6.07, 6.45) is 5.02. The van der Waals surface area contributed by atoms with Gasteiger partial charge >= 0.3 is 0 Å². The van der Waals surface area contributed by atoms with Crippen molar-refractivity contribution >= 4 is 5.91 Å². The molecule has 1 N–H and O–H groups in total. The quantitative estimate of drug-likeness (QED) is 0.788. The van der Waals surface area contributed by atoms with Crippen LogP contribution in [-0.4, -0.2) is 26.9 Å². The summed E-state index contributed by atoms with van der Waals surface area (Å²) < 4.78 is 1.59. The number of hydrogen-bond donors (Lipinski definition) is 1. The minimum Gasteiger partial charge on any atom is -0.352 e. The lowest BCUT2D eigenvalue weighted by Gasteiger charge is -2.07. The first-order chi connectivity index (χ1) is 7.61. The Kier molecular flexibility index (Phi) is 4.95. The molecule has 0 saturated carbocycles. The van der Waals surface area contributed by atoms with Crippen LogP contribution in [0.15, 0.2) is 6.20 Å². The summed E-state index contributed by atoms with van der Waals surface area (Å²) in [5.41, 5.74) is 0.958. The highest BCUT2D eigenvalue weighted by molar-refractivity contribution is 5.75. The molecule has 1 aromatic rings. The molecular formula is C11H20N4O. The predicted molar refractivity (Wildman–Crippen MR) is 61.9 cm³/mol. The van der Waals surface area contributed by atoms with Gasteiger partial charge in [0.2, 0.25) is 5.91 Å². The molecule has 0 spiro atoms. The molecule has 0 fully saturated rings. The Morgan fingerprint density at radius 1 is 1.56 bits per heavy atom. The summed E-state index contributed by atoms with van der Waals surface area (Å²) in [7, 11) is 0. The highest BCUT2D eigenvalue weighted by atomic mass is 16.2. The van der Waals surface area contributed by atoms with E-state index in [1.165, 1.54) is 0 Å². The van der Waals surface area contributed by atoms with E-state index < -0.39 is 0 Å². The molecule has 0 unspecified atom stereocenters. The van der Waals surface area contributed by atoms with Gasteiger partial charge in [-0.3, -0.25) is 4.79 Å². The molecule has 90 valence electrons. The molecule has 0 aliphatic carbocycles. The maximum Gasteiger partial charge on any atom is 0.241 e. The van der Waals surface area contributed by atoms with Crippen LogP contribution in [0.3, 0.4) is 0 Å². The number of hydrogen-bond acceptors (Lipinski definition) is 3. The van der Waals surface area contributed by atoms with Crippen LogP contribution in [-0.2, 0) is 17.8 Å². The van der Waals surface area contributed by atoms with Crippen LogP contribution in [0, 0.1) is 0 Å². The minimum atomic E-state index is -0.0260. The maximum absolute atomic E-state index is 11.4. The summed E-state index contributed by atoms with van der Waals surface area (Å²) in [4.78, 5) is 11.4. The van der Waals surface area contributed by atoms with Gasteiger partial charge < -0.3 is 5.32 Å². The third-order valence-corrected chi connectivity index (χ3v) is 2.13. The van der Waals surface area contributed by atoms with Crippen molar-refractivity contribution < 1.29 is 4.79 Å². The zero-order chi connectivity index (χ0) is 12.0. The van der Waals surface area contributed by atoms with Crippen LogP contribution < -0.4 is 5.32 Å². The van der Waals surface area contributed by atoms with Crippen LogP contribution in [0.4, 0.5) is 0 Å². The van der Waals surface area contributed by atoms with E-state index in [9.17, 15) is 4.79 Å². The SMILES string of the molecule is CCCCc1cn(CC(=O)NC(C)C)nn1. The first kappa shape index (κ1) is 12.7. The number of aromatic nitrogens is 3. The second kappa shape index (κ2) is 6.25. The maximum atomic E-state index is 11.4. The van der Waals surface area contributed by atoms with E-state index in [0.717, 1.165) is 25.0 Å². The molecule has 0 radical (unpaired) electrons. The van der Waals surface area contributed by atoms with Crippen LogP contribution >= 0.6 is 0 Å². The number of nitrogens with zero attached hydrogens (tertiary/aromatic N) is 3. The second-order valence-electron chi connectivity index (χ2n) is 4.23. The molecule has 1 heterocycles. The highest BCUT2D eigenvalue weighted by Gasteiger charge is 2.06. The third-order valence-electron chi connectivity index (χ3n) is 2.13. The Morgan fingerprint density at radius 2 is 2.31 bits per heavy atom. The van der Waals surface area contributed by atoms with Crippen molar-refractivity contribution in [2.45, 2.75) is 52.6 Å². The van der Waals surface area contributed by atoms with E-state index in [1.54, 1.807) is 4.68 Å². The molecule has 0 atom stereocenters. The van der Waals surface area contributed by atoms with Gasteiger partial charge in [0.25, 0.3) is 0 Å². The lowest BCUT2D eigenvalue weighted by atomic mass is 10.2. The van der Waals surface area contributed by atoms with Gasteiger partial charge in [0.1, 0.15) is 6.54 Å². The van der Waals surface area contributed by atoms with Crippen molar-refractivity contribution in [1.82, 2.24) is 20.3 Å². The fraction of sp³-hybridized carbons (Fsp3) is 0.727. The van der Waals surface area contributed by atoms with Gasteiger partial charge in [0.05, 0.1) is 5.69 Å². The summed E-state index contributed by atoms with van der Waals surface area (Å²) in [6.45, 7) is 6.26. The van der Waals surface area contributed by atoms with E-state index in [1.807, 2.05) is 20.0 Å². The molecule has 0 bridgehead atoms. The van der Waals surface area contributed by atoms with Gasteiger partial charge in [-0.2, -0.15) is 0 Å². The number of rotatable bonds is 6. The molecule has 5 nitrogen and oxygen atoms in total. The topological polar surface area (TPSA) is 59.8 Å². The predicted octanol–water partition coefficient (Wildman–Crippen LogP) is 1.15. The highest BCUT2D eigenvalue weighted by Crippen LogP contribution is 2.00. The number of unbranched alkanes of at least 4 members (excludes halogenated alkanes) is 1. The molecule has 1 aromatic heterocycles. The summed E-state index contributed by atoms with van der Waals surface area (Å²) in [5, 5.41) is 10.8. The number of amides is 1.